The molecule has 0 bridgehead atoms. The number of nitrogens with one attached hydrogen (secondary N) is 1. The topological polar surface area (TPSA) is 260 Å². The maximum absolute atomic E-state index is 14.3. The van der Waals surface area contributed by atoms with Crippen molar-refractivity contribution in [2.45, 2.75) is 51.4 Å². The molecule has 2 fully saturated rings. The van der Waals surface area contributed by atoms with Gasteiger partial charge in [-0.15, -0.1) is 0 Å². The number of anilines is 2. The molecule has 0 spiro atoms. The molecular formula is C34H41N5O13. The summed E-state index contributed by atoms with van der Waals surface area (Å²) in [7, 11) is 6.32. The first-order chi connectivity index (χ1) is 24.3. The van der Waals surface area contributed by atoms with Crippen molar-refractivity contribution in [3.8, 4) is 5.75 Å². The molecule has 52 heavy (non-hydrogen) atoms. The number of amides is 3. The molecule has 4 unspecified atom stereocenters. The number of aromatic hydroxyl groups is 1. The van der Waals surface area contributed by atoms with Crippen LogP contribution < -0.4 is 21.8 Å². The zero-order valence-corrected chi connectivity index (χ0v) is 29.5. The van der Waals surface area contributed by atoms with E-state index >= 15 is 0 Å². The lowest BCUT2D eigenvalue weighted by Crippen LogP contribution is -2.74. The van der Waals surface area contributed by atoms with Crippen molar-refractivity contribution in [1.82, 2.24) is 9.80 Å². The van der Waals surface area contributed by atoms with Crippen LogP contribution in [-0.4, -0.2) is 114 Å². The number of Topliss-reactive ketones (excluding diaryl/α,β-unsaturated/α-hetero) is 4. The third-order valence-electron chi connectivity index (χ3n) is 10.0. The highest BCUT2D eigenvalue weighted by atomic mass is 16.6. The van der Waals surface area contributed by atoms with Gasteiger partial charge in [-0.05, 0) is 57.8 Å². The molecule has 280 valence electrons. The van der Waals surface area contributed by atoms with Gasteiger partial charge in [-0.1, -0.05) is 6.92 Å². The number of ether oxygens (including phenoxy) is 1. The summed E-state index contributed by atoms with van der Waals surface area (Å²) in [5.74, 6) is -13.8. The van der Waals surface area contributed by atoms with E-state index in [0.29, 0.717) is 17.7 Å². The normalized spacial score (nSPS) is 25.3. The molecule has 1 heterocycles. The predicted molar refractivity (Wildman–Crippen MR) is 178 cm³/mol. The van der Waals surface area contributed by atoms with Gasteiger partial charge in [-0.2, -0.15) is 0 Å². The van der Waals surface area contributed by atoms with Crippen LogP contribution >= 0.6 is 0 Å². The molecule has 0 radical (unpaired) electrons. The molecule has 3 aliphatic carbocycles. The summed E-state index contributed by atoms with van der Waals surface area (Å²) in [6.07, 6.45) is -0.577. The third-order valence-corrected chi connectivity index (χ3v) is 10.0. The Kier molecular flexibility index (Phi) is 10.2. The van der Waals surface area contributed by atoms with Gasteiger partial charge >= 0.3 is 11.9 Å². The fourth-order valence-corrected chi connectivity index (χ4v) is 7.74. The molecule has 1 aromatic heterocycles. The monoisotopic (exact) mass is 727 g/mol. The summed E-state index contributed by atoms with van der Waals surface area (Å²) in [5.41, 5.74) is 2.70. The highest BCUT2D eigenvalue weighted by Crippen LogP contribution is 2.52. The number of aliphatic hydroxyl groups is 1. The number of nitrogens with zero attached hydrogens (tertiary/aromatic N) is 3. The molecule has 18 nitrogen and oxygen atoms in total. The minimum absolute atomic E-state index is 0.00742. The SMILES string of the molecule is CCCN(CC(=O)Nc1cc(N(C)C)c2c(c1O)C(=O)C1C(=O)[C@]3(O)C(=O)C(C(N)=O)C(=O)[C@@H](N(C)C)C3CC1C2)C(=O)OCc1oc(=O)oc1C. The number of carbonyl (C=O) groups is 7. The molecule has 3 aliphatic rings. The van der Waals surface area contributed by atoms with Crippen molar-refractivity contribution in [2.75, 3.05) is 51.5 Å². The van der Waals surface area contributed by atoms with E-state index in [1.165, 1.54) is 32.0 Å². The molecule has 5 N–H and O–H groups in total. The number of rotatable bonds is 10. The average Bonchev–Trinajstić information content (AvgIpc) is 3.38. The lowest BCUT2D eigenvalue weighted by molar-refractivity contribution is -0.181. The van der Waals surface area contributed by atoms with Crippen molar-refractivity contribution in [3.05, 3.63) is 39.3 Å². The molecule has 0 aliphatic heterocycles. The summed E-state index contributed by atoms with van der Waals surface area (Å²) in [6.45, 7) is 2.31. The molecule has 2 aromatic rings. The van der Waals surface area contributed by atoms with Gasteiger partial charge in [0.2, 0.25) is 11.8 Å². The van der Waals surface area contributed by atoms with E-state index in [4.69, 9.17) is 19.3 Å². The highest BCUT2D eigenvalue weighted by Gasteiger charge is 2.69. The number of aryl methyl sites for hydroxylation is 1. The number of hydrogen-bond donors (Lipinski definition) is 4. The molecule has 0 saturated heterocycles. The Hall–Kier alpha value is -5.36. The average molecular weight is 728 g/mol. The fraction of sp³-hybridized carbons (Fsp3) is 0.529. The largest absolute Gasteiger partial charge is 0.519 e. The summed E-state index contributed by atoms with van der Waals surface area (Å²) in [5, 5.41) is 25.8. The summed E-state index contributed by atoms with van der Waals surface area (Å²) >= 11 is 0. The number of phenolic OH excluding ortho intramolecular Hbond substituents is 1. The molecule has 6 atom stereocenters. The van der Waals surface area contributed by atoms with Gasteiger partial charge in [-0.25, -0.2) is 9.59 Å². The molecule has 5 rings (SSSR count). The van der Waals surface area contributed by atoms with Gasteiger partial charge in [0.25, 0.3) is 0 Å². The van der Waals surface area contributed by atoms with E-state index in [9.17, 15) is 48.6 Å². The zero-order valence-electron chi connectivity index (χ0n) is 29.5. The highest BCUT2D eigenvalue weighted by molar-refractivity contribution is 6.32. The Morgan fingerprint density at radius 2 is 1.75 bits per heavy atom. The van der Waals surface area contributed by atoms with Crippen molar-refractivity contribution >= 4 is 52.4 Å². The molecule has 18 heteroatoms. The number of ketones is 4. The second-order valence-electron chi connectivity index (χ2n) is 13.8. The standard InChI is InChI=1S/C34H41N5O13/c1-7-8-39(32(47)50-13-20-14(2)51-33(48)52-20)12-21(40)36-18-11-19(37(3)4)16-9-15-10-17-25(38(5)6)28(43)24(31(35)46)30(45)34(17,49)29(44)22(15)27(42)23(16)26(18)41/h11,15,17,22,24-25,41,49H,7-10,12-13H2,1-6H3,(H2,35,46)(H,36,40)/t15?,17?,22?,24?,25-,34-/m0/s1. The van der Waals surface area contributed by atoms with Crippen LogP contribution in [-0.2, 0) is 41.7 Å². The van der Waals surface area contributed by atoms with E-state index < -0.39 is 101 Å². The zero-order chi connectivity index (χ0) is 38.6. The number of benzene rings is 1. The molecule has 2 saturated carbocycles. The second kappa shape index (κ2) is 14.0. The Labute approximate surface area is 296 Å². The van der Waals surface area contributed by atoms with Gasteiger partial charge in [0, 0.05) is 32.2 Å². The lowest BCUT2D eigenvalue weighted by atomic mass is 9.52. The number of hydrogen-bond acceptors (Lipinski definition) is 15. The summed E-state index contributed by atoms with van der Waals surface area (Å²) in [4.78, 5) is 109. The second-order valence-corrected chi connectivity index (χ2v) is 13.8. The predicted octanol–water partition coefficient (Wildman–Crippen LogP) is -0.225. The number of carbonyl (C=O) groups excluding carboxylic acids is 7. The number of likely N-dealkylation sites (N-methyl/N-ethyl adjacent to an activating group) is 1. The summed E-state index contributed by atoms with van der Waals surface area (Å²) < 4.78 is 14.8. The minimum atomic E-state index is -2.89. The van der Waals surface area contributed by atoms with Crippen molar-refractivity contribution < 1.29 is 57.3 Å². The minimum Gasteiger partial charge on any atom is -0.505 e. The van der Waals surface area contributed by atoms with Crippen LogP contribution in [0.15, 0.2) is 19.7 Å². The smallest absolute Gasteiger partial charge is 0.505 e. The van der Waals surface area contributed by atoms with Gasteiger partial charge in [0.05, 0.1) is 23.2 Å². The third kappa shape index (κ3) is 6.25. The van der Waals surface area contributed by atoms with Gasteiger partial charge < -0.3 is 39.7 Å². The van der Waals surface area contributed by atoms with Crippen molar-refractivity contribution in [1.29, 1.82) is 0 Å². The Balaban J connectivity index is 1.45. The van der Waals surface area contributed by atoms with Crippen LogP contribution in [0, 0.1) is 30.6 Å². The Morgan fingerprint density at radius 3 is 2.31 bits per heavy atom. The van der Waals surface area contributed by atoms with Crippen LogP contribution in [0.5, 0.6) is 5.75 Å². The number of phenols is 1. The van der Waals surface area contributed by atoms with Crippen LogP contribution in [0.3, 0.4) is 0 Å². The van der Waals surface area contributed by atoms with E-state index in [-0.39, 0.29) is 42.2 Å². The van der Waals surface area contributed by atoms with Gasteiger partial charge in [-0.3, -0.25) is 38.6 Å². The maximum Gasteiger partial charge on any atom is 0.519 e. The first kappa shape index (κ1) is 37.9. The molecule has 3 amide bonds. The van der Waals surface area contributed by atoms with Crippen molar-refractivity contribution in [3.63, 3.8) is 0 Å². The Bertz CT molecular complexity index is 1930. The van der Waals surface area contributed by atoms with Crippen molar-refractivity contribution in [2.24, 2.45) is 29.4 Å². The van der Waals surface area contributed by atoms with Gasteiger partial charge in [0.15, 0.2) is 52.8 Å². The Morgan fingerprint density at radius 1 is 1.08 bits per heavy atom. The molecule has 1 aromatic carbocycles. The van der Waals surface area contributed by atoms with Crippen LogP contribution in [0.1, 0.15) is 47.2 Å². The van der Waals surface area contributed by atoms with Gasteiger partial charge in [0.1, 0.15) is 12.3 Å². The van der Waals surface area contributed by atoms with Crippen LogP contribution in [0.2, 0.25) is 0 Å². The molecular weight excluding hydrogens is 686 g/mol. The van der Waals surface area contributed by atoms with E-state index in [1.54, 1.807) is 25.9 Å². The van der Waals surface area contributed by atoms with E-state index in [0.717, 1.165) is 4.90 Å². The quantitative estimate of drug-likeness (QED) is 0.182. The lowest BCUT2D eigenvalue weighted by Gasteiger charge is -2.52. The number of fused-ring (bicyclic) bond motifs is 3. The summed E-state index contributed by atoms with van der Waals surface area (Å²) in [6, 6.07) is 0.196. The van der Waals surface area contributed by atoms with E-state index in [1.807, 2.05) is 0 Å². The first-order valence-corrected chi connectivity index (χ1v) is 16.6. The van der Waals surface area contributed by atoms with Crippen LogP contribution in [0.25, 0.3) is 0 Å². The first-order valence-electron chi connectivity index (χ1n) is 16.6. The maximum atomic E-state index is 14.3. The number of nitrogens with two attached hydrogens (primary N) is 1. The number of primary amides is 1. The van der Waals surface area contributed by atoms with Crippen LogP contribution in [0.4, 0.5) is 16.2 Å². The fourth-order valence-electron chi connectivity index (χ4n) is 7.74. The van der Waals surface area contributed by atoms with E-state index in [2.05, 4.69) is 5.32 Å².